The number of ether oxygens (including phenoxy) is 2. The third kappa shape index (κ3) is 4.94. The first kappa shape index (κ1) is 18.2. The Kier molecular flexibility index (Phi) is 6.58. The summed E-state index contributed by atoms with van der Waals surface area (Å²) >= 11 is 0. The minimum Gasteiger partial charge on any atom is -0.493 e. The van der Waals surface area contributed by atoms with Crippen LogP contribution in [0, 0.1) is 5.82 Å². The zero-order valence-corrected chi connectivity index (χ0v) is 14.3. The molecule has 0 amide bonds. The molecule has 0 aliphatic carbocycles. The second kappa shape index (κ2) is 8.66. The number of aliphatic hydroxyl groups excluding tert-OH is 1. The fourth-order valence-corrected chi connectivity index (χ4v) is 2.38. The van der Waals surface area contributed by atoms with Crippen molar-refractivity contribution in [3.05, 3.63) is 59.4 Å². The van der Waals surface area contributed by atoms with Gasteiger partial charge in [0.05, 0.1) is 19.3 Å². The van der Waals surface area contributed by atoms with Crippen molar-refractivity contribution in [1.29, 1.82) is 0 Å². The smallest absolute Gasteiger partial charge is 0.166 e. The normalized spacial score (nSPS) is 12.2. The van der Waals surface area contributed by atoms with E-state index in [1.165, 1.54) is 12.1 Å². The summed E-state index contributed by atoms with van der Waals surface area (Å²) < 4.78 is 24.1. The van der Waals surface area contributed by atoms with E-state index in [-0.39, 0.29) is 11.9 Å². The van der Waals surface area contributed by atoms with Crippen LogP contribution < -0.4 is 14.8 Å². The summed E-state index contributed by atoms with van der Waals surface area (Å²) in [5.41, 5.74) is 1.63. The van der Waals surface area contributed by atoms with E-state index in [0.717, 1.165) is 5.56 Å². The molecular weight excluding hydrogens is 309 g/mol. The quantitative estimate of drug-likeness (QED) is 0.777. The van der Waals surface area contributed by atoms with Gasteiger partial charge in [-0.25, -0.2) is 4.39 Å². The van der Waals surface area contributed by atoms with Gasteiger partial charge in [-0.1, -0.05) is 24.3 Å². The lowest BCUT2D eigenvalue weighted by atomic mass is 10.1. The van der Waals surface area contributed by atoms with Crippen molar-refractivity contribution in [2.75, 3.05) is 13.7 Å². The number of aliphatic hydroxyl groups is 1. The average Bonchev–Trinajstić information content (AvgIpc) is 2.56. The van der Waals surface area contributed by atoms with Crippen molar-refractivity contribution in [3.8, 4) is 11.5 Å². The van der Waals surface area contributed by atoms with Crippen LogP contribution in [-0.2, 0) is 6.54 Å². The van der Waals surface area contributed by atoms with Gasteiger partial charge in [0.2, 0.25) is 0 Å². The van der Waals surface area contributed by atoms with Crippen LogP contribution in [0.5, 0.6) is 11.5 Å². The molecule has 0 aromatic heterocycles. The molecule has 24 heavy (non-hydrogen) atoms. The Morgan fingerprint density at radius 1 is 1.12 bits per heavy atom. The lowest BCUT2D eigenvalue weighted by molar-refractivity contribution is 0.173. The van der Waals surface area contributed by atoms with E-state index >= 15 is 0 Å². The molecule has 0 saturated carbocycles. The standard InChI is InChI=1S/C19H24FNO3/c1-13(2)24-19-15(5-4-6-18(19)23-3)11-21-12-17(22)14-7-9-16(20)10-8-14/h4-10,13,17,21-22H,11-12H2,1-3H3. The third-order valence-corrected chi connectivity index (χ3v) is 3.54. The van der Waals surface area contributed by atoms with Gasteiger partial charge in [0, 0.05) is 18.7 Å². The van der Waals surface area contributed by atoms with Crippen molar-refractivity contribution in [2.45, 2.75) is 32.6 Å². The van der Waals surface area contributed by atoms with Crippen LogP contribution in [0.1, 0.15) is 31.1 Å². The Balaban J connectivity index is 1.99. The topological polar surface area (TPSA) is 50.7 Å². The molecule has 0 fully saturated rings. The number of hydrogen-bond donors (Lipinski definition) is 2. The van der Waals surface area contributed by atoms with Gasteiger partial charge in [0.25, 0.3) is 0 Å². The molecular formula is C19H24FNO3. The first-order valence-corrected chi connectivity index (χ1v) is 7.98. The molecule has 2 N–H and O–H groups in total. The molecule has 1 atom stereocenters. The monoisotopic (exact) mass is 333 g/mol. The maximum atomic E-state index is 12.9. The Labute approximate surface area is 142 Å². The molecule has 0 aliphatic rings. The van der Waals surface area contributed by atoms with Gasteiger partial charge in [-0.05, 0) is 37.6 Å². The molecule has 0 aliphatic heterocycles. The van der Waals surface area contributed by atoms with Crippen molar-refractivity contribution < 1.29 is 19.0 Å². The number of nitrogens with one attached hydrogen (secondary N) is 1. The summed E-state index contributed by atoms with van der Waals surface area (Å²) in [6.07, 6.45) is -0.671. The van der Waals surface area contributed by atoms with Crippen molar-refractivity contribution >= 4 is 0 Å². The largest absolute Gasteiger partial charge is 0.493 e. The van der Waals surface area contributed by atoms with Crippen LogP contribution in [0.25, 0.3) is 0 Å². The summed E-state index contributed by atoms with van der Waals surface area (Å²) in [5, 5.41) is 13.4. The fourth-order valence-electron chi connectivity index (χ4n) is 2.38. The predicted molar refractivity (Wildman–Crippen MR) is 91.8 cm³/mol. The van der Waals surface area contributed by atoms with Crippen molar-refractivity contribution in [1.82, 2.24) is 5.32 Å². The van der Waals surface area contributed by atoms with Gasteiger partial charge in [-0.15, -0.1) is 0 Å². The minimum atomic E-state index is -0.703. The lowest BCUT2D eigenvalue weighted by Gasteiger charge is -2.18. The third-order valence-electron chi connectivity index (χ3n) is 3.54. The fraction of sp³-hybridized carbons (Fsp3) is 0.368. The molecule has 2 aromatic rings. The number of methoxy groups -OCH3 is 1. The first-order valence-electron chi connectivity index (χ1n) is 7.98. The van der Waals surface area contributed by atoms with Gasteiger partial charge in [-0.2, -0.15) is 0 Å². The Bertz CT molecular complexity index is 644. The number of benzene rings is 2. The summed E-state index contributed by atoms with van der Waals surface area (Å²) in [6.45, 7) is 4.80. The van der Waals surface area contributed by atoms with Crippen molar-refractivity contribution in [2.24, 2.45) is 0 Å². The lowest BCUT2D eigenvalue weighted by Crippen LogP contribution is -2.22. The molecule has 2 rings (SSSR count). The van der Waals surface area contributed by atoms with Crippen LogP contribution in [0.3, 0.4) is 0 Å². The number of halogens is 1. The van der Waals surface area contributed by atoms with Crippen LogP contribution in [0.15, 0.2) is 42.5 Å². The summed E-state index contributed by atoms with van der Waals surface area (Å²) in [7, 11) is 1.61. The summed E-state index contributed by atoms with van der Waals surface area (Å²) in [6, 6.07) is 11.6. The molecule has 5 heteroatoms. The highest BCUT2D eigenvalue weighted by Crippen LogP contribution is 2.32. The van der Waals surface area contributed by atoms with E-state index in [9.17, 15) is 9.50 Å². The van der Waals surface area contributed by atoms with E-state index in [2.05, 4.69) is 5.32 Å². The molecule has 1 unspecified atom stereocenters. The SMILES string of the molecule is COc1cccc(CNCC(O)c2ccc(F)cc2)c1OC(C)C. The average molecular weight is 333 g/mol. The number of para-hydroxylation sites is 1. The Hall–Kier alpha value is -2.11. The minimum absolute atomic E-state index is 0.0323. The highest BCUT2D eigenvalue weighted by molar-refractivity contribution is 5.46. The van der Waals surface area contributed by atoms with Gasteiger partial charge < -0.3 is 19.9 Å². The highest BCUT2D eigenvalue weighted by Gasteiger charge is 2.13. The zero-order chi connectivity index (χ0) is 17.5. The molecule has 0 heterocycles. The second-order valence-corrected chi connectivity index (χ2v) is 5.81. The Morgan fingerprint density at radius 3 is 2.46 bits per heavy atom. The Morgan fingerprint density at radius 2 is 1.83 bits per heavy atom. The van der Waals surface area contributed by atoms with E-state index < -0.39 is 6.10 Å². The van der Waals surface area contributed by atoms with E-state index in [1.54, 1.807) is 19.2 Å². The van der Waals surface area contributed by atoms with E-state index in [4.69, 9.17) is 9.47 Å². The van der Waals surface area contributed by atoms with Crippen LogP contribution in [0.4, 0.5) is 4.39 Å². The zero-order valence-electron chi connectivity index (χ0n) is 14.3. The molecule has 4 nitrogen and oxygen atoms in total. The van der Waals surface area contributed by atoms with Crippen LogP contribution in [0.2, 0.25) is 0 Å². The maximum absolute atomic E-state index is 12.9. The molecule has 0 saturated heterocycles. The maximum Gasteiger partial charge on any atom is 0.166 e. The summed E-state index contributed by atoms with van der Waals surface area (Å²) in [4.78, 5) is 0. The van der Waals surface area contributed by atoms with Gasteiger partial charge in [-0.3, -0.25) is 0 Å². The predicted octanol–water partition coefficient (Wildman–Crippen LogP) is 3.44. The van der Waals surface area contributed by atoms with Gasteiger partial charge in [0.15, 0.2) is 11.5 Å². The highest BCUT2D eigenvalue weighted by atomic mass is 19.1. The summed E-state index contributed by atoms with van der Waals surface area (Å²) in [5.74, 6) is 1.08. The van der Waals surface area contributed by atoms with Crippen LogP contribution >= 0.6 is 0 Å². The van der Waals surface area contributed by atoms with Crippen molar-refractivity contribution in [3.63, 3.8) is 0 Å². The first-order chi connectivity index (χ1) is 11.5. The second-order valence-electron chi connectivity index (χ2n) is 5.81. The molecule has 0 radical (unpaired) electrons. The molecule has 130 valence electrons. The van der Waals surface area contributed by atoms with Crippen LogP contribution in [-0.4, -0.2) is 24.9 Å². The van der Waals surface area contributed by atoms with E-state index in [0.29, 0.717) is 30.2 Å². The van der Waals surface area contributed by atoms with E-state index in [1.807, 2.05) is 32.0 Å². The molecule has 0 bridgehead atoms. The number of rotatable bonds is 8. The molecule has 2 aromatic carbocycles. The number of hydrogen-bond acceptors (Lipinski definition) is 4. The van der Waals surface area contributed by atoms with Gasteiger partial charge >= 0.3 is 0 Å². The van der Waals surface area contributed by atoms with Gasteiger partial charge in [0.1, 0.15) is 5.82 Å². The molecule has 0 spiro atoms.